The summed E-state index contributed by atoms with van der Waals surface area (Å²) < 4.78 is 5.18. The minimum atomic E-state index is -0.0857. The van der Waals surface area contributed by atoms with Gasteiger partial charge in [-0.15, -0.1) is 0 Å². The third-order valence-corrected chi connectivity index (χ3v) is 1.37. The summed E-state index contributed by atoms with van der Waals surface area (Å²) in [4.78, 5) is 13.3. The van der Waals surface area contributed by atoms with Crippen molar-refractivity contribution in [2.75, 3.05) is 6.61 Å². The van der Waals surface area contributed by atoms with Gasteiger partial charge < -0.3 is 4.74 Å². The summed E-state index contributed by atoms with van der Waals surface area (Å²) in [5, 5.41) is 0. The molecule has 0 aromatic rings. The Kier molecular flexibility index (Phi) is 4.81. The van der Waals surface area contributed by atoms with Gasteiger partial charge in [-0.25, -0.2) is 9.79 Å². The van der Waals surface area contributed by atoms with Crippen LogP contribution in [0.4, 0.5) is 0 Å². The van der Waals surface area contributed by atoms with Gasteiger partial charge in [0.15, 0.2) is 0 Å². The predicted octanol–water partition coefficient (Wildman–Crippen LogP) is 1.14. The third-order valence-electron chi connectivity index (χ3n) is 1.37. The van der Waals surface area contributed by atoms with Crippen molar-refractivity contribution in [1.82, 2.24) is 0 Å². The Bertz CT molecular complexity index is 130. The number of isocyanates is 1. The van der Waals surface area contributed by atoms with Crippen LogP contribution in [-0.4, -0.2) is 24.8 Å². The van der Waals surface area contributed by atoms with E-state index in [0.717, 1.165) is 0 Å². The van der Waals surface area contributed by atoms with E-state index in [-0.39, 0.29) is 12.1 Å². The topological polar surface area (TPSA) is 38.7 Å². The third kappa shape index (κ3) is 3.38. The second-order valence-electron chi connectivity index (χ2n) is 2.12. The maximum atomic E-state index is 9.78. The van der Waals surface area contributed by atoms with Crippen molar-refractivity contribution in [1.29, 1.82) is 0 Å². The first-order chi connectivity index (χ1) is 4.72. The molecular formula is C7H13NO2. The zero-order valence-corrected chi connectivity index (χ0v) is 6.63. The van der Waals surface area contributed by atoms with E-state index < -0.39 is 0 Å². The quantitative estimate of drug-likeness (QED) is 0.437. The number of nitrogens with zero attached hydrogens (tertiary/aromatic N) is 1. The molecule has 0 N–H and O–H groups in total. The summed E-state index contributed by atoms with van der Waals surface area (Å²) >= 11 is 0. The fraction of sp³-hybridized carbons (Fsp3) is 0.857. The van der Waals surface area contributed by atoms with Crippen molar-refractivity contribution in [2.24, 2.45) is 4.99 Å². The first-order valence-corrected chi connectivity index (χ1v) is 3.41. The number of aliphatic imine (C=N–C) groups is 1. The summed E-state index contributed by atoms with van der Waals surface area (Å²) in [5.74, 6) is 0. The summed E-state index contributed by atoms with van der Waals surface area (Å²) in [6, 6.07) is -0.0857. The molecule has 0 aliphatic heterocycles. The second kappa shape index (κ2) is 5.15. The molecular weight excluding hydrogens is 130 g/mol. The molecule has 0 amide bonds. The largest absolute Gasteiger partial charge is 0.377 e. The lowest BCUT2D eigenvalue weighted by Crippen LogP contribution is -2.21. The predicted molar refractivity (Wildman–Crippen MR) is 38.7 cm³/mol. The Balaban J connectivity index is 3.69. The minimum absolute atomic E-state index is 0.00597. The summed E-state index contributed by atoms with van der Waals surface area (Å²) in [5.41, 5.74) is 0. The number of ether oxygens (including phenoxy) is 1. The summed E-state index contributed by atoms with van der Waals surface area (Å²) in [7, 11) is 0. The van der Waals surface area contributed by atoms with Gasteiger partial charge in [-0.1, -0.05) is 0 Å². The monoisotopic (exact) mass is 143 g/mol. The molecule has 0 bridgehead atoms. The van der Waals surface area contributed by atoms with Gasteiger partial charge in [-0.05, 0) is 20.8 Å². The number of rotatable bonds is 4. The van der Waals surface area contributed by atoms with Crippen molar-refractivity contribution in [3.05, 3.63) is 0 Å². The van der Waals surface area contributed by atoms with Gasteiger partial charge in [0.05, 0.1) is 12.1 Å². The molecule has 0 aromatic heterocycles. The highest BCUT2D eigenvalue weighted by Gasteiger charge is 2.09. The van der Waals surface area contributed by atoms with E-state index in [4.69, 9.17) is 4.74 Å². The van der Waals surface area contributed by atoms with Crippen LogP contribution in [0, 0.1) is 0 Å². The van der Waals surface area contributed by atoms with Gasteiger partial charge in [0, 0.05) is 6.61 Å². The highest BCUT2D eigenvalue weighted by atomic mass is 16.5. The molecule has 0 aliphatic rings. The lowest BCUT2D eigenvalue weighted by atomic mass is 10.2. The fourth-order valence-electron chi connectivity index (χ4n) is 0.590. The molecule has 0 spiro atoms. The molecule has 0 aliphatic carbocycles. The average molecular weight is 143 g/mol. The lowest BCUT2D eigenvalue weighted by molar-refractivity contribution is 0.0624. The van der Waals surface area contributed by atoms with E-state index in [9.17, 15) is 4.79 Å². The van der Waals surface area contributed by atoms with Crippen LogP contribution in [0.5, 0.6) is 0 Å². The van der Waals surface area contributed by atoms with Crippen molar-refractivity contribution in [3.8, 4) is 0 Å². The van der Waals surface area contributed by atoms with Crippen molar-refractivity contribution < 1.29 is 9.53 Å². The first-order valence-electron chi connectivity index (χ1n) is 3.41. The number of hydrogen-bond acceptors (Lipinski definition) is 3. The van der Waals surface area contributed by atoms with Gasteiger partial charge >= 0.3 is 0 Å². The Morgan fingerprint density at radius 2 is 2.20 bits per heavy atom. The van der Waals surface area contributed by atoms with Gasteiger partial charge in [0.25, 0.3) is 0 Å². The molecule has 0 radical (unpaired) electrons. The van der Waals surface area contributed by atoms with Crippen LogP contribution >= 0.6 is 0 Å². The number of carbonyl (C=O) groups excluding carboxylic acids is 1. The van der Waals surface area contributed by atoms with E-state index >= 15 is 0 Å². The zero-order valence-electron chi connectivity index (χ0n) is 6.63. The number of hydrogen-bond donors (Lipinski definition) is 0. The molecule has 0 saturated carbocycles. The summed E-state index contributed by atoms with van der Waals surface area (Å²) in [6.07, 6.45) is 1.51. The van der Waals surface area contributed by atoms with E-state index in [2.05, 4.69) is 4.99 Å². The first kappa shape index (κ1) is 9.34. The smallest absolute Gasteiger partial charge is 0.235 e. The molecule has 2 atom stereocenters. The van der Waals surface area contributed by atoms with Crippen LogP contribution in [0.2, 0.25) is 0 Å². The maximum Gasteiger partial charge on any atom is 0.235 e. The molecule has 10 heavy (non-hydrogen) atoms. The fourth-order valence-corrected chi connectivity index (χ4v) is 0.590. The Morgan fingerprint density at radius 1 is 1.60 bits per heavy atom. The van der Waals surface area contributed by atoms with Gasteiger partial charge in [0.1, 0.15) is 0 Å². The molecule has 0 aromatic carbocycles. The standard InChI is InChI=1S/C7H13NO2/c1-4-10-7(3)6(2)8-5-9/h6-7H,4H2,1-3H3. The minimum Gasteiger partial charge on any atom is -0.377 e. The van der Waals surface area contributed by atoms with Crippen LogP contribution in [0.3, 0.4) is 0 Å². The van der Waals surface area contributed by atoms with Gasteiger partial charge in [0.2, 0.25) is 6.08 Å². The van der Waals surface area contributed by atoms with E-state index in [0.29, 0.717) is 6.61 Å². The molecule has 0 heterocycles. The highest BCUT2D eigenvalue weighted by molar-refractivity contribution is 5.33. The highest BCUT2D eigenvalue weighted by Crippen LogP contribution is 2.00. The summed E-state index contributed by atoms with van der Waals surface area (Å²) in [6.45, 7) is 6.27. The van der Waals surface area contributed by atoms with Crippen LogP contribution in [-0.2, 0) is 9.53 Å². The Labute approximate surface area is 61.1 Å². The van der Waals surface area contributed by atoms with Crippen LogP contribution in [0.15, 0.2) is 4.99 Å². The van der Waals surface area contributed by atoms with Crippen molar-refractivity contribution in [3.63, 3.8) is 0 Å². The van der Waals surface area contributed by atoms with E-state index in [1.54, 1.807) is 0 Å². The zero-order chi connectivity index (χ0) is 7.98. The molecule has 3 heteroatoms. The molecule has 2 unspecified atom stereocenters. The average Bonchev–Trinajstić information content (AvgIpc) is 1.89. The lowest BCUT2D eigenvalue weighted by Gasteiger charge is -2.13. The van der Waals surface area contributed by atoms with Crippen LogP contribution < -0.4 is 0 Å². The van der Waals surface area contributed by atoms with E-state index in [1.807, 2.05) is 20.8 Å². The Hall–Kier alpha value is -0.660. The van der Waals surface area contributed by atoms with E-state index in [1.165, 1.54) is 6.08 Å². The molecule has 0 saturated heterocycles. The Morgan fingerprint density at radius 3 is 2.60 bits per heavy atom. The van der Waals surface area contributed by atoms with Crippen LogP contribution in [0.25, 0.3) is 0 Å². The van der Waals surface area contributed by atoms with Crippen molar-refractivity contribution in [2.45, 2.75) is 32.9 Å². The molecule has 58 valence electrons. The van der Waals surface area contributed by atoms with Gasteiger partial charge in [-0.3, -0.25) is 0 Å². The van der Waals surface area contributed by atoms with Gasteiger partial charge in [-0.2, -0.15) is 0 Å². The SMILES string of the molecule is CCOC(C)C(C)N=C=O. The maximum absolute atomic E-state index is 9.78. The molecule has 0 fully saturated rings. The van der Waals surface area contributed by atoms with Crippen molar-refractivity contribution >= 4 is 6.08 Å². The normalized spacial score (nSPS) is 15.5. The molecule has 3 nitrogen and oxygen atoms in total. The second-order valence-corrected chi connectivity index (χ2v) is 2.12. The molecule has 0 rings (SSSR count). The van der Waals surface area contributed by atoms with Crippen LogP contribution in [0.1, 0.15) is 20.8 Å².